The molecule has 0 saturated carbocycles. The van der Waals surface area contributed by atoms with Crippen LogP contribution in [-0.2, 0) is 16.6 Å². The monoisotopic (exact) mass is 533 g/mol. The molecule has 0 aliphatic carbocycles. The summed E-state index contributed by atoms with van der Waals surface area (Å²) in [5.41, 5.74) is 1.54. The third-order valence-corrected chi connectivity index (χ3v) is 6.17. The fourth-order valence-electron chi connectivity index (χ4n) is 2.39. The molecule has 0 aliphatic heterocycles. The van der Waals surface area contributed by atoms with Crippen molar-refractivity contribution in [2.75, 3.05) is 10.6 Å². The second-order valence-corrected chi connectivity index (χ2v) is 9.56. The van der Waals surface area contributed by atoms with Crippen molar-refractivity contribution in [3.05, 3.63) is 68.7 Å². The van der Waals surface area contributed by atoms with Crippen LogP contribution in [0.1, 0.15) is 5.56 Å². The highest BCUT2D eigenvalue weighted by molar-refractivity contribution is 9.10. The third-order valence-electron chi connectivity index (χ3n) is 3.72. The summed E-state index contributed by atoms with van der Waals surface area (Å²) >= 11 is 20.7. The van der Waals surface area contributed by atoms with E-state index in [2.05, 4.69) is 31.7 Å². The number of aromatic nitrogens is 2. The number of benzene rings is 2. The number of thiocarbonyl (C=S) groups is 1. The van der Waals surface area contributed by atoms with Gasteiger partial charge in [-0.05, 0) is 70.1 Å². The third kappa shape index (κ3) is 5.91. The van der Waals surface area contributed by atoms with Gasteiger partial charge in [0, 0.05) is 11.9 Å². The molecule has 0 amide bonds. The SMILES string of the molecule is NS(=O)(=O)c1ccc(NC(=S)Nc2nn(Cc3ccc(Cl)c(Cl)c3)cc2Br)cc1. The molecule has 0 radical (unpaired) electrons. The van der Waals surface area contributed by atoms with Gasteiger partial charge in [-0.15, -0.1) is 0 Å². The van der Waals surface area contributed by atoms with E-state index in [0.29, 0.717) is 32.6 Å². The number of hydrogen-bond acceptors (Lipinski definition) is 4. The minimum Gasteiger partial charge on any atom is -0.332 e. The smallest absolute Gasteiger partial charge is 0.238 e. The summed E-state index contributed by atoms with van der Waals surface area (Å²) in [6, 6.07) is 11.3. The number of halogens is 3. The zero-order valence-electron chi connectivity index (χ0n) is 14.6. The first kappa shape index (κ1) is 22.0. The van der Waals surface area contributed by atoms with E-state index in [1.807, 2.05) is 6.07 Å². The first-order chi connectivity index (χ1) is 13.6. The molecule has 1 aromatic heterocycles. The molecule has 7 nitrogen and oxygen atoms in total. The Morgan fingerprint density at radius 3 is 2.45 bits per heavy atom. The van der Waals surface area contributed by atoms with Gasteiger partial charge in [-0.1, -0.05) is 29.3 Å². The normalized spacial score (nSPS) is 11.3. The molecule has 0 spiro atoms. The highest BCUT2D eigenvalue weighted by Crippen LogP contribution is 2.25. The van der Waals surface area contributed by atoms with Gasteiger partial charge in [-0.3, -0.25) is 4.68 Å². The molecule has 4 N–H and O–H groups in total. The molecule has 0 fully saturated rings. The van der Waals surface area contributed by atoms with E-state index < -0.39 is 10.0 Å². The van der Waals surface area contributed by atoms with Crippen molar-refractivity contribution in [2.45, 2.75) is 11.4 Å². The van der Waals surface area contributed by atoms with Crippen LogP contribution in [0.15, 0.2) is 58.0 Å². The molecule has 1 heterocycles. The first-order valence-corrected chi connectivity index (χ1v) is 11.5. The molecule has 0 saturated heterocycles. The Hall–Kier alpha value is -1.69. The zero-order chi connectivity index (χ0) is 21.2. The second kappa shape index (κ2) is 8.99. The number of anilines is 2. The molecule has 3 rings (SSSR count). The average Bonchev–Trinajstić information content (AvgIpc) is 2.96. The number of rotatable bonds is 5. The predicted octanol–water partition coefficient (Wildman–Crippen LogP) is 4.46. The fourth-order valence-corrected chi connectivity index (χ4v) is 3.85. The molecule has 29 heavy (non-hydrogen) atoms. The Kier molecular flexibility index (Phi) is 6.82. The van der Waals surface area contributed by atoms with Crippen LogP contribution in [0, 0.1) is 0 Å². The lowest BCUT2D eigenvalue weighted by atomic mass is 10.2. The molecule has 152 valence electrons. The second-order valence-electron chi connectivity index (χ2n) is 5.92. The summed E-state index contributed by atoms with van der Waals surface area (Å²) in [6.07, 6.45) is 1.80. The fraction of sp³-hybridized carbons (Fsp3) is 0.0588. The zero-order valence-corrected chi connectivity index (χ0v) is 19.3. The van der Waals surface area contributed by atoms with Crippen molar-refractivity contribution in [2.24, 2.45) is 5.14 Å². The quantitative estimate of drug-likeness (QED) is 0.418. The van der Waals surface area contributed by atoms with Crippen LogP contribution < -0.4 is 15.8 Å². The summed E-state index contributed by atoms with van der Waals surface area (Å²) in [5.74, 6) is 0.517. The lowest BCUT2D eigenvalue weighted by Crippen LogP contribution is -2.20. The van der Waals surface area contributed by atoms with Crippen LogP contribution in [0.25, 0.3) is 0 Å². The van der Waals surface area contributed by atoms with Gasteiger partial charge in [0.15, 0.2) is 10.9 Å². The molecule has 0 atom stereocenters. The van der Waals surface area contributed by atoms with Gasteiger partial charge in [-0.25, -0.2) is 13.6 Å². The Labute approximate surface area is 191 Å². The number of nitrogens with one attached hydrogen (secondary N) is 2. The maximum absolute atomic E-state index is 11.3. The molecule has 3 aromatic rings. The van der Waals surface area contributed by atoms with Gasteiger partial charge in [0.25, 0.3) is 0 Å². The molecule has 0 unspecified atom stereocenters. The van der Waals surface area contributed by atoms with Crippen molar-refractivity contribution in [1.29, 1.82) is 0 Å². The summed E-state index contributed by atoms with van der Waals surface area (Å²) in [4.78, 5) is 0.0192. The molecule has 0 aliphatic rings. The van der Waals surface area contributed by atoms with E-state index in [1.54, 1.807) is 35.1 Å². The Bertz CT molecular complexity index is 1170. The van der Waals surface area contributed by atoms with Gasteiger partial charge in [0.2, 0.25) is 10.0 Å². The summed E-state index contributed by atoms with van der Waals surface area (Å²) in [7, 11) is -3.74. The van der Waals surface area contributed by atoms with E-state index in [4.69, 9.17) is 40.6 Å². The Balaban J connectivity index is 1.65. The van der Waals surface area contributed by atoms with Gasteiger partial charge in [-0.2, -0.15) is 5.10 Å². The number of primary sulfonamides is 1. The van der Waals surface area contributed by atoms with Crippen LogP contribution in [0.2, 0.25) is 10.0 Å². The maximum Gasteiger partial charge on any atom is 0.238 e. The van der Waals surface area contributed by atoms with Crippen LogP contribution >= 0.6 is 51.3 Å². The summed E-state index contributed by atoms with van der Waals surface area (Å²) < 4.78 is 25.0. The number of nitrogens with zero attached hydrogens (tertiary/aromatic N) is 2. The lowest BCUT2D eigenvalue weighted by Gasteiger charge is -2.09. The van der Waals surface area contributed by atoms with Crippen LogP contribution in [0.4, 0.5) is 11.5 Å². The van der Waals surface area contributed by atoms with Crippen molar-refractivity contribution in [3.8, 4) is 0 Å². The minimum absolute atomic E-state index is 0.0192. The molecular weight excluding hydrogens is 521 g/mol. The highest BCUT2D eigenvalue weighted by Gasteiger charge is 2.11. The van der Waals surface area contributed by atoms with Crippen molar-refractivity contribution < 1.29 is 8.42 Å². The van der Waals surface area contributed by atoms with Gasteiger partial charge < -0.3 is 10.6 Å². The largest absolute Gasteiger partial charge is 0.332 e. The minimum atomic E-state index is -3.74. The summed E-state index contributed by atoms with van der Waals surface area (Å²) in [6.45, 7) is 0.492. The molecule has 0 bridgehead atoms. The average molecular weight is 535 g/mol. The van der Waals surface area contributed by atoms with Crippen LogP contribution in [-0.4, -0.2) is 23.3 Å². The first-order valence-electron chi connectivity index (χ1n) is 7.99. The Morgan fingerprint density at radius 2 is 1.83 bits per heavy atom. The predicted molar refractivity (Wildman–Crippen MR) is 123 cm³/mol. The number of sulfonamides is 1. The van der Waals surface area contributed by atoms with Crippen molar-refractivity contribution in [1.82, 2.24) is 9.78 Å². The maximum atomic E-state index is 11.3. The summed E-state index contributed by atoms with van der Waals surface area (Å²) in [5, 5.41) is 16.7. The van der Waals surface area contributed by atoms with E-state index in [-0.39, 0.29) is 10.0 Å². The molecular formula is C17H14BrCl2N5O2S2. The van der Waals surface area contributed by atoms with Crippen molar-refractivity contribution >= 4 is 78.0 Å². The van der Waals surface area contributed by atoms with E-state index >= 15 is 0 Å². The standard InChI is InChI=1S/C17H14BrCl2N5O2S2/c18-13-9-25(8-10-1-6-14(19)15(20)7-10)24-16(13)23-17(28)22-11-2-4-12(5-3-11)29(21,26)27/h1-7,9H,8H2,(H2,21,26,27)(H2,22,23,24,28). The topological polar surface area (TPSA) is 102 Å². The van der Waals surface area contributed by atoms with Gasteiger partial charge in [0.1, 0.15) is 0 Å². The number of nitrogens with two attached hydrogens (primary N) is 1. The van der Waals surface area contributed by atoms with Crippen LogP contribution in [0.5, 0.6) is 0 Å². The van der Waals surface area contributed by atoms with E-state index in [1.165, 1.54) is 12.1 Å². The lowest BCUT2D eigenvalue weighted by molar-refractivity contribution is 0.598. The Morgan fingerprint density at radius 1 is 1.14 bits per heavy atom. The van der Waals surface area contributed by atoms with Gasteiger partial charge in [0.05, 0.1) is 26.0 Å². The van der Waals surface area contributed by atoms with Crippen LogP contribution in [0.3, 0.4) is 0 Å². The van der Waals surface area contributed by atoms with E-state index in [9.17, 15) is 8.42 Å². The van der Waals surface area contributed by atoms with Gasteiger partial charge >= 0.3 is 0 Å². The molecule has 12 heteroatoms. The molecule has 2 aromatic carbocycles. The highest BCUT2D eigenvalue weighted by atomic mass is 79.9. The van der Waals surface area contributed by atoms with Crippen molar-refractivity contribution in [3.63, 3.8) is 0 Å². The number of hydrogen-bond donors (Lipinski definition) is 3. The van der Waals surface area contributed by atoms with E-state index in [0.717, 1.165) is 5.56 Å².